The van der Waals surface area contributed by atoms with Crippen molar-refractivity contribution in [2.75, 3.05) is 0 Å². The van der Waals surface area contributed by atoms with Crippen molar-refractivity contribution < 1.29 is 24.2 Å². The summed E-state index contributed by atoms with van der Waals surface area (Å²) in [5, 5.41) is 20.1. The number of rotatable bonds is 5. The number of halogens is 1. The second-order valence-corrected chi connectivity index (χ2v) is 3.89. The summed E-state index contributed by atoms with van der Waals surface area (Å²) in [5.41, 5.74) is 0.171. The number of carboxylic acid groups (broad SMARTS) is 1. The van der Waals surface area contributed by atoms with E-state index in [-0.39, 0.29) is 12.0 Å². The van der Waals surface area contributed by atoms with E-state index in [1.54, 1.807) is 6.07 Å². The van der Waals surface area contributed by atoms with Crippen LogP contribution >= 0.6 is 0 Å². The van der Waals surface area contributed by atoms with Gasteiger partial charge in [0, 0.05) is 0 Å². The maximum atomic E-state index is 13.3. The number of carbonyl (C=O) groups is 2. The van der Waals surface area contributed by atoms with Gasteiger partial charge in [0.1, 0.15) is 5.82 Å². The van der Waals surface area contributed by atoms with E-state index in [4.69, 9.17) is 5.11 Å². The topological polar surface area (TPSA) is 86.6 Å². The third kappa shape index (κ3) is 3.81. The van der Waals surface area contributed by atoms with Gasteiger partial charge in [-0.25, -0.2) is 9.18 Å². The Labute approximate surface area is 103 Å². The molecule has 2 atom stereocenters. The van der Waals surface area contributed by atoms with Crippen molar-refractivity contribution in [1.29, 1.82) is 0 Å². The van der Waals surface area contributed by atoms with Gasteiger partial charge in [-0.1, -0.05) is 18.2 Å². The van der Waals surface area contributed by atoms with Gasteiger partial charge in [-0.05, 0) is 18.6 Å². The lowest BCUT2D eigenvalue weighted by Gasteiger charge is -2.17. The Morgan fingerprint density at radius 3 is 2.50 bits per heavy atom. The fourth-order valence-electron chi connectivity index (χ4n) is 1.43. The molecule has 3 N–H and O–H groups in total. The van der Waals surface area contributed by atoms with Crippen LogP contribution < -0.4 is 5.32 Å². The quantitative estimate of drug-likeness (QED) is 0.707. The van der Waals surface area contributed by atoms with Crippen LogP contribution in [0.1, 0.15) is 12.5 Å². The highest BCUT2D eigenvalue weighted by molar-refractivity contribution is 5.85. The smallest absolute Gasteiger partial charge is 0.328 e. The van der Waals surface area contributed by atoms with Crippen LogP contribution in [0.5, 0.6) is 0 Å². The molecule has 0 radical (unpaired) electrons. The number of carboxylic acids is 1. The van der Waals surface area contributed by atoms with Gasteiger partial charge in [-0.2, -0.15) is 0 Å². The molecular weight excluding hydrogens is 241 g/mol. The molecule has 0 bridgehead atoms. The van der Waals surface area contributed by atoms with Gasteiger partial charge < -0.3 is 15.5 Å². The van der Waals surface area contributed by atoms with Crippen LogP contribution in [0.25, 0.3) is 0 Å². The van der Waals surface area contributed by atoms with Gasteiger partial charge in [0.2, 0.25) is 5.91 Å². The summed E-state index contributed by atoms with van der Waals surface area (Å²) in [4.78, 5) is 22.3. The van der Waals surface area contributed by atoms with Gasteiger partial charge in [0.05, 0.1) is 12.5 Å². The highest BCUT2D eigenvalue weighted by atomic mass is 19.1. The summed E-state index contributed by atoms with van der Waals surface area (Å²) in [7, 11) is 0. The SMILES string of the molecule is CC(O)C(NC(=O)Cc1ccccc1F)C(=O)O. The molecule has 0 spiro atoms. The Hall–Kier alpha value is -1.95. The number of aliphatic hydroxyl groups is 1. The van der Waals surface area contributed by atoms with Crippen molar-refractivity contribution in [2.45, 2.75) is 25.5 Å². The van der Waals surface area contributed by atoms with Crippen LogP contribution in [-0.4, -0.2) is 34.2 Å². The monoisotopic (exact) mass is 255 g/mol. The zero-order chi connectivity index (χ0) is 13.7. The first-order valence-corrected chi connectivity index (χ1v) is 5.35. The minimum absolute atomic E-state index is 0.171. The van der Waals surface area contributed by atoms with E-state index >= 15 is 0 Å². The van der Waals surface area contributed by atoms with Crippen LogP contribution in [0.15, 0.2) is 24.3 Å². The van der Waals surface area contributed by atoms with Crippen molar-refractivity contribution in [1.82, 2.24) is 5.32 Å². The molecule has 1 amide bonds. The first-order chi connectivity index (χ1) is 8.41. The minimum Gasteiger partial charge on any atom is -0.480 e. The summed E-state index contributed by atoms with van der Waals surface area (Å²) in [6.45, 7) is 1.25. The molecule has 0 saturated heterocycles. The predicted octanol–water partition coefficient (Wildman–Crippen LogP) is 0.318. The highest BCUT2D eigenvalue weighted by Crippen LogP contribution is 2.07. The van der Waals surface area contributed by atoms with E-state index in [1.807, 2.05) is 0 Å². The zero-order valence-corrected chi connectivity index (χ0v) is 9.76. The molecular formula is C12H14FNO4. The Morgan fingerprint density at radius 1 is 1.39 bits per heavy atom. The van der Waals surface area contributed by atoms with Crippen LogP contribution in [0.3, 0.4) is 0 Å². The van der Waals surface area contributed by atoms with Gasteiger partial charge in [0.25, 0.3) is 0 Å². The number of aliphatic carboxylic acids is 1. The van der Waals surface area contributed by atoms with E-state index in [1.165, 1.54) is 25.1 Å². The summed E-state index contributed by atoms with van der Waals surface area (Å²) in [6, 6.07) is 4.32. The summed E-state index contributed by atoms with van der Waals surface area (Å²) in [6.07, 6.45) is -1.50. The number of carbonyl (C=O) groups excluding carboxylic acids is 1. The van der Waals surface area contributed by atoms with E-state index in [2.05, 4.69) is 5.32 Å². The number of amides is 1. The summed E-state index contributed by atoms with van der Waals surface area (Å²) in [5.74, 6) is -2.53. The fourth-order valence-corrected chi connectivity index (χ4v) is 1.43. The number of aliphatic hydroxyl groups excluding tert-OH is 1. The van der Waals surface area contributed by atoms with Crippen LogP contribution in [0, 0.1) is 5.82 Å². The average Bonchev–Trinajstić information content (AvgIpc) is 2.28. The second-order valence-electron chi connectivity index (χ2n) is 3.89. The lowest BCUT2D eigenvalue weighted by Crippen LogP contribution is -2.48. The van der Waals surface area contributed by atoms with Crippen molar-refractivity contribution in [3.05, 3.63) is 35.6 Å². The molecule has 0 aromatic heterocycles. The predicted molar refractivity (Wildman–Crippen MR) is 61.4 cm³/mol. The molecule has 0 aliphatic carbocycles. The van der Waals surface area contributed by atoms with Crippen LogP contribution in [-0.2, 0) is 16.0 Å². The number of hydrogen-bond acceptors (Lipinski definition) is 3. The molecule has 0 saturated carbocycles. The molecule has 1 aromatic rings. The molecule has 18 heavy (non-hydrogen) atoms. The molecule has 5 nitrogen and oxygen atoms in total. The van der Waals surface area contributed by atoms with Gasteiger partial charge >= 0.3 is 5.97 Å². The van der Waals surface area contributed by atoms with Gasteiger partial charge in [-0.15, -0.1) is 0 Å². The third-order valence-electron chi connectivity index (χ3n) is 2.37. The molecule has 0 fully saturated rings. The third-order valence-corrected chi connectivity index (χ3v) is 2.37. The van der Waals surface area contributed by atoms with Crippen molar-refractivity contribution >= 4 is 11.9 Å². The van der Waals surface area contributed by atoms with E-state index in [0.717, 1.165) is 0 Å². The largest absolute Gasteiger partial charge is 0.480 e. The van der Waals surface area contributed by atoms with Crippen molar-refractivity contribution in [2.24, 2.45) is 0 Å². The molecule has 1 rings (SSSR count). The first-order valence-electron chi connectivity index (χ1n) is 5.35. The Balaban J connectivity index is 2.67. The van der Waals surface area contributed by atoms with E-state index in [9.17, 15) is 19.1 Å². The molecule has 0 aliphatic rings. The number of benzene rings is 1. The molecule has 0 heterocycles. The van der Waals surface area contributed by atoms with E-state index < -0.39 is 29.8 Å². The van der Waals surface area contributed by atoms with Gasteiger partial charge in [-0.3, -0.25) is 4.79 Å². The first kappa shape index (κ1) is 14.1. The lowest BCUT2D eigenvalue weighted by molar-refractivity contribution is -0.144. The highest BCUT2D eigenvalue weighted by Gasteiger charge is 2.25. The number of hydrogen-bond donors (Lipinski definition) is 3. The molecule has 6 heteroatoms. The molecule has 2 unspecified atom stereocenters. The Kier molecular flexibility index (Phi) is 4.79. The Bertz CT molecular complexity index is 447. The molecule has 98 valence electrons. The van der Waals surface area contributed by atoms with E-state index in [0.29, 0.717) is 0 Å². The number of nitrogens with one attached hydrogen (secondary N) is 1. The standard InChI is InChI=1S/C12H14FNO4/c1-7(15)11(12(17)18)14-10(16)6-8-4-2-3-5-9(8)13/h2-5,7,11,15H,6H2,1H3,(H,14,16)(H,17,18). The minimum atomic E-state index is -1.40. The molecule has 1 aromatic carbocycles. The van der Waals surface area contributed by atoms with Gasteiger partial charge in [0.15, 0.2) is 6.04 Å². The maximum Gasteiger partial charge on any atom is 0.328 e. The average molecular weight is 255 g/mol. The normalized spacial score (nSPS) is 13.7. The van der Waals surface area contributed by atoms with Crippen molar-refractivity contribution in [3.8, 4) is 0 Å². The van der Waals surface area contributed by atoms with Crippen molar-refractivity contribution in [3.63, 3.8) is 0 Å². The maximum absolute atomic E-state index is 13.3. The van der Waals surface area contributed by atoms with Crippen LogP contribution in [0.2, 0.25) is 0 Å². The second kappa shape index (κ2) is 6.11. The lowest BCUT2D eigenvalue weighted by atomic mass is 10.1. The fraction of sp³-hybridized carbons (Fsp3) is 0.333. The molecule has 0 aliphatic heterocycles. The van der Waals surface area contributed by atoms with Crippen LogP contribution in [0.4, 0.5) is 4.39 Å². The summed E-state index contributed by atoms with van der Waals surface area (Å²) < 4.78 is 13.3. The summed E-state index contributed by atoms with van der Waals surface area (Å²) >= 11 is 0. The Morgan fingerprint density at radius 2 is 2.00 bits per heavy atom. The zero-order valence-electron chi connectivity index (χ0n) is 9.76.